The van der Waals surface area contributed by atoms with Crippen LogP contribution in [0.25, 0.3) is 0 Å². The molecular weight excluding hydrogens is 395 g/mol. The average molecular weight is 427 g/mol. The van der Waals surface area contributed by atoms with Crippen LogP contribution in [0.15, 0.2) is 28.1 Å². The van der Waals surface area contributed by atoms with E-state index in [4.69, 9.17) is 4.98 Å². The molecule has 1 aromatic carbocycles. The Morgan fingerprint density at radius 2 is 2.00 bits per heavy atom. The number of nitrogens with zero attached hydrogens (tertiary/aromatic N) is 4. The maximum absolute atomic E-state index is 14.4. The van der Waals surface area contributed by atoms with Gasteiger partial charge in [0.2, 0.25) is 0 Å². The quantitative estimate of drug-likeness (QED) is 0.452. The third-order valence-corrected chi connectivity index (χ3v) is 6.74. The van der Waals surface area contributed by atoms with Crippen LogP contribution in [-0.4, -0.2) is 45.0 Å². The van der Waals surface area contributed by atoms with Crippen molar-refractivity contribution in [3.63, 3.8) is 0 Å². The molecule has 2 aliphatic heterocycles. The maximum atomic E-state index is 14.4. The van der Waals surface area contributed by atoms with Gasteiger partial charge in [-0.25, -0.2) is 9.37 Å². The Balaban J connectivity index is 1.38. The van der Waals surface area contributed by atoms with Crippen molar-refractivity contribution >= 4 is 5.71 Å². The second-order valence-corrected chi connectivity index (χ2v) is 8.84. The highest BCUT2D eigenvalue weighted by Gasteiger charge is 2.27. The van der Waals surface area contributed by atoms with Gasteiger partial charge >= 0.3 is 0 Å². The minimum atomic E-state index is -0.342. The Kier molecular flexibility index (Phi) is 6.51. The smallest absolute Gasteiger partial charge is 0.256 e. The summed E-state index contributed by atoms with van der Waals surface area (Å²) in [5.41, 5.74) is 3.48. The fraction of sp³-hybridized carbons (Fsp3) is 0.542. The lowest BCUT2D eigenvalue weighted by atomic mass is 9.87. The molecule has 0 radical (unpaired) electrons. The first kappa shape index (κ1) is 21.7. The summed E-state index contributed by atoms with van der Waals surface area (Å²) in [5, 5.41) is 13.0. The van der Waals surface area contributed by atoms with E-state index in [0.717, 1.165) is 80.9 Å². The Hall–Kier alpha value is -2.54. The molecule has 4 rings (SSSR count). The standard InChI is InChI=1S/C24H31FN4O2/c1-16-6-7-20(21(25)15-16)23(27-31)18-8-12-28(13-9-18)14-10-19-17(2)26-22-5-3-4-11-29(22)24(19)30/h6-7,15,18,31H,3-5,8-14H2,1-2H3/b27-23+. The molecule has 0 unspecified atom stereocenters. The fourth-order valence-electron chi connectivity index (χ4n) is 4.90. The molecule has 1 aromatic heterocycles. The molecule has 0 spiro atoms. The molecule has 0 aliphatic carbocycles. The van der Waals surface area contributed by atoms with Crippen LogP contribution in [0.3, 0.4) is 0 Å². The van der Waals surface area contributed by atoms with Gasteiger partial charge in [0.05, 0.1) is 5.71 Å². The number of piperidine rings is 1. The van der Waals surface area contributed by atoms with Gasteiger partial charge in [-0.15, -0.1) is 0 Å². The summed E-state index contributed by atoms with van der Waals surface area (Å²) in [6.07, 6.45) is 5.32. The maximum Gasteiger partial charge on any atom is 0.256 e. The molecule has 31 heavy (non-hydrogen) atoms. The van der Waals surface area contributed by atoms with E-state index in [1.807, 2.05) is 24.5 Å². The van der Waals surface area contributed by atoms with Gasteiger partial charge in [-0.2, -0.15) is 0 Å². The number of benzene rings is 1. The Labute approximate surface area is 182 Å². The molecular formula is C24H31FN4O2. The van der Waals surface area contributed by atoms with E-state index >= 15 is 0 Å². The Bertz CT molecular complexity index is 1040. The summed E-state index contributed by atoms with van der Waals surface area (Å²) in [5.74, 6) is 0.611. The predicted octanol–water partition coefficient (Wildman–Crippen LogP) is 3.47. The van der Waals surface area contributed by atoms with Crippen LogP contribution in [-0.2, 0) is 19.4 Å². The van der Waals surface area contributed by atoms with Gasteiger partial charge in [0, 0.05) is 42.2 Å². The van der Waals surface area contributed by atoms with Crippen molar-refractivity contribution in [2.24, 2.45) is 11.1 Å². The van der Waals surface area contributed by atoms with Crippen molar-refractivity contribution in [3.8, 4) is 0 Å². The summed E-state index contributed by atoms with van der Waals surface area (Å²) in [4.78, 5) is 20.0. The Morgan fingerprint density at radius 3 is 2.71 bits per heavy atom. The minimum Gasteiger partial charge on any atom is -0.411 e. The van der Waals surface area contributed by atoms with E-state index in [2.05, 4.69) is 10.1 Å². The lowest BCUT2D eigenvalue weighted by molar-refractivity contribution is 0.208. The van der Waals surface area contributed by atoms with Crippen LogP contribution in [0.2, 0.25) is 0 Å². The number of hydrogen-bond acceptors (Lipinski definition) is 5. The van der Waals surface area contributed by atoms with E-state index in [1.165, 1.54) is 6.07 Å². The number of rotatable bonds is 5. The van der Waals surface area contributed by atoms with Gasteiger partial charge in [0.15, 0.2) is 0 Å². The molecule has 166 valence electrons. The van der Waals surface area contributed by atoms with E-state index < -0.39 is 0 Å². The lowest BCUT2D eigenvalue weighted by Crippen LogP contribution is -2.39. The topological polar surface area (TPSA) is 70.7 Å². The highest BCUT2D eigenvalue weighted by molar-refractivity contribution is 6.02. The second-order valence-electron chi connectivity index (χ2n) is 8.84. The van der Waals surface area contributed by atoms with Crippen LogP contribution < -0.4 is 5.56 Å². The molecule has 3 heterocycles. The van der Waals surface area contributed by atoms with Gasteiger partial charge in [-0.3, -0.25) is 9.36 Å². The molecule has 1 fully saturated rings. The van der Waals surface area contributed by atoms with E-state index in [-0.39, 0.29) is 17.3 Å². The first-order valence-corrected chi connectivity index (χ1v) is 11.3. The number of aryl methyl sites for hydroxylation is 3. The number of halogens is 1. The third kappa shape index (κ3) is 4.56. The molecule has 6 nitrogen and oxygen atoms in total. The molecule has 0 atom stereocenters. The molecule has 7 heteroatoms. The zero-order valence-electron chi connectivity index (χ0n) is 18.4. The third-order valence-electron chi connectivity index (χ3n) is 6.74. The highest BCUT2D eigenvalue weighted by atomic mass is 19.1. The van der Waals surface area contributed by atoms with Crippen molar-refractivity contribution in [3.05, 3.63) is 62.6 Å². The number of fused-ring (bicyclic) bond motifs is 1. The number of oxime groups is 1. The zero-order valence-corrected chi connectivity index (χ0v) is 18.4. The summed E-state index contributed by atoms with van der Waals surface area (Å²) < 4.78 is 16.2. The number of aromatic nitrogens is 2. The van der Waals surface area contributed by atoms with Crippen LogP contribution in [0.4, 0.5) is 4.39 Å². The van der Waals surface area contributed by atoms with Crippen molar-refractivity contribution in [1.29, 1.82) is 0 Å². The van der Waals surface area contributed by atoms with Crippen LogP contribution >= 0.6 is 0 Å². The summed E-state index contributed by atoms with van der Waals surface area (Å²) in [7, 11) is 0. The van der Waals surface area contributed by atoms with Crippen molar-refractivity contribution in [2.45, 2.75) is 58.9 Å². The molecule has 2 aromatic rings. The van der Waals surface area contributed by atoms with Crippen LogP contribution in [0.1, 0.15) is 53.9 Å². The number of hydrogen-bond donors (Lipinski definition) is 1. The lowest BCUT2D eigenvalue weighted by Gasteiger charge is -2.32. The van der Waals surface area contributed by atoms with Gasteiger partial charge in [0.25, 0.3) is 5.56 Å². The highest BCUT2D eigenvalue weighted by Crippen LogP contribution is 2.25. The van der Waals surface area contributed by atoms with Gasteiger partial charge in [-0.1, -0.05) is 11.2 Å². The van der Waals surface area contributed by atoms with Crippen LogP contribution in [0.5, 0.6) is 0 Å². The normalized spacial score (nSPS) is 18.2. The average Bonchev–Trinajstić information content (AvgIpc) is 2.76. The van der Waals surface area contributed by atoms with E-state index in [9.17, 15) is 14.4 Å². The molecule has 0 amide bonds. The van der Waals surface area contributed by atoms with Gasteiger partial charge in [-0.05, 0) is 76.7 Å². The summed E-state index contributed by atoms with van der Waals surface area (Å²) in [6.45, 7) is 7.02. The number of likely N-dealkylation sites (tertiary alicyclic amines) is 1. The van der Waals surface area contributed by atoms with E-state index in [1.54, 1.807) is 6.07 Å². The molecule has 2 aliphatic rings. The fourth-order valence-corrected chi connectivity index (χ4v) is 4.90. The van der Waals surface area contributed by atoms with Crippen molar-refractivity contribution < 1.29 is 9.60 Å². The summed E-state index contributed by atoms with van der Waals surface area (Å²) in [6, 6.07) is 5.01. The minimum absolute atomic E-state index is 0.0243. The van der Waals surface area contributed by atoms with Crippen molar-refractivity contribution in [2.75, 3.05) is 19.6 Å². The van der Waals surface area contributed by atoms with Crippen LogP contribution in [0, 0.1) is 25.6 Å². The summed E-state index contributed by atoms with van der Waals surface area (Å²) >= 11 is 0. The van der Waals surface area contributed by atoms with Gasteiger partial charge < -0.3 is 10.1 Å². The SMILES string of the molecule is Cc1ccc(/C(=N/O)C2CCN(CCc3c(C)nc4n(c3=O)CCCC4)CC2)c(F)c1. The second kappa shape index (κ2) is 9.30. The first-order chi connectivity index (χ1) is 15.0. The molecule has 1 saturated heterocycles. The Morgan fingerprint density at radius 1 is 1.23 bits per heavy atom. The molecule has 1 N–H and O–H groups in total. The molecule has 0 saturated carbocycles. The van der Waals surface area contributed by atoms with E-state index in [0.29, 0.717) is 17.7 Å². The molecule has 0 bridgehead atoms. The predicted molar refractivity (Wildman–Crippen MR) is 119 cm³/mol. The van der Waals surface area contributed by atoms with Crippen molar-refractivity contribution in [1.82, 2.24) is 14.5 Å². The largest absolute Gasteiger partial charge is 0.411 e. The first-order valence-electron chi connectivity index (χ1n) is 11.3. The zero-order chi connectivity index (χ0) is 22.0. The monoisotopic (exact) mass is 426 g/mol. The van der Waals surface area contributed by atoms with Gasteiger partial charge in [0.1, 0.15) is 11.6 Å².